The number of nitrogens with one attached hydrogen (secondary N) is 2. The Morgan fingerprint density at radius 1 is 1.29 bits per heavy atom. The van der Waals surface area contributed by atoms with Gasteiger partial charge in [-0.2, -0.15) is 0 Å². The first-order chi connectivity index (χ1) is 13.1. The van der Waals surface area contributed by atoms with Gasteiger partial charge in [-0.3, -0.25) is 9.79 Å². The maximum Gasteiger partial charge on any atom is 0.253 e. The largest absolute Gasteiger partial charge is 0.379 e. The van der Waals surface area contributed by atoms with Crippen LogP contribution < -0.4 is 10.6 Å². The molecular weight excluding hydrogens is 471 g/mol. The number of aliphatic imine (C=N–C) groups is 1. The van der Waals surface area contributed by atoms with Gasteiger partial charge in [0.15, 0.2) is 5.96 Å². The first-order valence-corrected chi connectivity index (χ1v) is 9.54. The van der Waals surface area contributed by atoms with Gasteiger partial charge < -0.3 is 25.0 Å². The van der Waals surface area contributed by atoms with Crippen LogP contribution in [0.5, 0.6) is 0 Å². The van der Waals surface area contributed by atoms with Gasteiger partial charge >= 0.3 is 0 Å². The Balaban J connectivity index is 0.00000392. The van der Waals surface area contributed by atoms with Crippen LogP contribution in [0.25, 0.3) is 0 Å². The lowest BCUT2D eigenvalue weighted by Gasteiger charge is -2.14. The first-order valence-electron chi connectivity index (χ1n) is 9.54. The Bertz CT molecular complexity index is 602. The second-order valence-corrected chi connectivity index (χ2v) is 6.81. The Morgan fingerprint density at radius 3 is 2.64 bits per heavy atom. The summed E-state index contributed by atoms with van der Waals surface area (Å²) in [6, 6.07) is 7.60. The number of guanidine groups is 1. The highest BCUT2D eigenvalue weighted by Crippen LogP contribution is 2.11. The topological polar surface area (TPSA) is 75.2 Å². The summed E-state index contributed by atoms with van der Waals surface area (Å²) in [7, 11) is 5.25. The molecule has 1 fully saturated rings. The van der Waals surface area contributed by atoms with E-state index in [1.54, 1.807) is 26.0 Å². The molecule has 158 valence electrons. The highest BCUT2D eigenvalue weighted by molar-refractivity contribution is 14.0. The van der Waals surface area contributed by atoms with E-state index in [0.717, 1.165) is 43.9 Å². The molecule has 28 heavy (non-hydrogen) atoms. The number of amides is 1. The molecule has 1 aromatic rings. The molecule has 0 spiro atoms. The SMILES string of the molecule is CN=C(NCCCOCC1CCCO1)NCc1ccc(C(=O)N(C)C)cc1.I. The number of hydrogen-bond donors (Lipinski definition) is 2. The predicted octanol–water partition coefficient (Wildman–Crippen LogP) is 2.26. The molecule has 1 unspecified atom stereocenters. The third-order valence-corrected chi connectivity index (χ3v) is 4.38. The number of carbonyl (C=O) groups is 1. The van der Waals surface area contributed by atoms with Crippen molar-refractivity contribution < 1.29 is 14.3 Å². The molecule has 7 nitrogen and oxygen atoms in total. The highest BCUT2D eigenvalue weighted by Gasteiger charge is 2.14. The molecule has 1 heterocycles. The van der Waals surface area contributed by atoms with Gasteiger partial charge in [0.2, 0.25) is 0 Å². The summed E-state index contributed by atoms with van der Waals surface area (Å²) in [5, 5.41) is 6.56. The molecule has 2 N–H and O–H groups in total. The lowest BCUT2D eigenvalue weighted by Crippen LogP contribution is -2.37. The van der Waals surface area contributed by atoms with Crippen molar-refractivity contribution in [1.29, 1.82) is 0 Å². The maximum absolute atomic E-state index is 11.9. The van der Waals surface area contributed by atoms with Crippen molar-refractivity contribution >= 4 is 35.8 Å². The molecule has 8 heteroatoms. The van der Waals surface area contributed by atoms with Gasteiger partial charge in [-0.15, -0.1) is 24.0 Å². The van der Waals surface area contributed by atoms with Crippen LogP contribution in [-0.2, 0) is 16.0 Å². The van der Waals surface area contributed by atoms with Gasteiger partial charge in [0.1, 0.15) is 0 Å². The van der Waals surface area contributed by atoms with Crippen LogP contribution in [0.3, 0.4) is 0 Å². The van der Waals surface area contributed by atoms with Gasteiger partial charge in [-0.05, 0) is 37.0 Å². The standard InChI is InChI=1S/C20H32N4O3.HI/c1-21-20(22-11-5-12-26-15-18-6-4-13-27-18)23-14-16-7-9-17(10-8-16)19(25)24(2)3;/h7-10,18H,4-6,11-15H2,1-3H3,(H2,21,22,23);1H. The van der Waals surface area contributed by atoms with Gasteiger partial charge in [-0.25, -0.2) is 0 Å². The normalized spacial score (nSPS) is 16.4. The summed E-state index contributed by atoms with van der Waals surface area (Å²) in [4.78, 5) is 17.7. The van der Waals surface area contributed by atoms with Gasteiger partial charge in [0.25, 0.3) is 5.91 Å². The van der Waals surface area contributed by atoms with Crippen LogP contribution in [0, 0.1) is 0 Å². The Hall–Kier alpha value is -1.39. The van der Waals surface area contributed by atoms with E-state index in [9.17, 15) is 4.79 Å². The van der Waals surface area contributed by atoms with E-state index in [0.29, 0.717) is 25.3 Å². The van der Waals surface area contributed by atoms with Crippen molar-refractivity contribution in [3.05, 3.63) is 35.4 Å². The third kappa shape index (κ3) is 8.74. The summed E-state index contributed by atoms with van der Waals surface area (Å²) < 4.78 is 11.2. The summed E-state index contributed by atoms with van der Waals surface area (Å²) in [5.41, 5.74) is 1.78. The van der Waals surface area contributed by atoms with Crippen molar-refractivity contribution in [3.63, 3.8) is 0 Å². The lowest BCUT2D eigenvalue weighted by molar-refractivity contribution is 0.0168. The Morgan fingerprint density at radius 2 is 2.04 bits per heavy atom. The van der Waals surface area contributed by atoms with E-state index in [-0.39, 0.29) is 36.0 Å². The minimum absolute atomic E-state index is 0. The number of ether oxygens (including phenoxy) is 2. The van der Waals surface area contributed by atoms with Gasteiger partial charge in [0.05, 0.1) is 12.7 Å². The van der Waals surface area contributed by atoms with E-state index in [4.69, 9.17) is 9.47 Å². The lowest BCUT2D eigenvalue weighted by atomic mass is 10.1. The molecule has 1 aliphatic heterocycles. The quantitative estimate of drug-likeness (QED) is 0.234. The summed E-state index contributed by atoms with van der Waals surface area (Å²) in [5.74, 6) is 0.760. The third-order valence-electron chi connectivity index (χ3n) is 4.38. The average Bonchev–Trinajstić information content (AvgIpc) is 3.20. The Labute approximate surface area is 185 Å². The predicted molar refractivity (Wildman–Crippen MR) is 122 cm³/mol. The zero-order valence-electron chi connectivity index (χ0n) is 17.1. The van der Waals surface area contributed by atoms with Crippen molar-refractivity contribution in [2.75, 3.05) is 47.5 Å². The van der Waals surface area contributed by atoms with Crippen LogP contribution in [0.1, 0.15) is 35.2 Å². The van der Waals surface area contributed by atoms with Crippen LogP contribution >= 0.6 is 24.0 Å². The Kier molecular flexibility index (Phi) is 12.1. The van der Waals surface area contributed by atoms with Crippen LogP contribution in [0.4, 0.5) is 0 Å². The molecule has 1 aromatic carbocycles. The van der Waals surface area contributed by atoms with Crippen molar-refractivity contribution in [1.82, 2.24) is 15.5 Å². The molecule has 0 bridgehead atoms. The monoisotopic (exact) mass is 504 g/mol. The maximum atomic E-state index is 11.9. The number of hydrogen-bond acceptors (Lipinski definition) is 4. The smallest absolute Gasteiger partial charge is 0.253 e. The van der Waals surface area contributed by atoms with E-state index in [1.807, 2.05) is 24.3 Å². The van der Waals surface area contributed by atoms with E-state index in [2.05, 4.69) is 15.6 Å². The highest BCUT2D eigenvalue weighted by atomic mass is 127. The molecular formula is C20H33IN4O3. The zero-order valence-corrected chi connectivity index (χ0v) is 19.4. The van der Waals surface area contributed by atoms with E-state index in [1.165, 1.54) is 0 Å². The molecule has 0 saturated carbocycles. The second-order valence-electron chi connectivity index (χ2n) is 6.81. The summed E-state index contributed by atoms with van der Waals surface area (Å²) in [6.07, 6.45) is 3.45. The van der Waals surface area contributed by atoms with Gasteiger partial charge in [-0.1, -0.05) is 12.1 Å². The zero-order chi connectivity index (χ0) is 19.5. The molecule has 0 aromatic heterocycles. The van der Waals surface area contributed by atoms with Crippen LogP contribution in [0.15, 0.2) is 29.3 Å². The van der Waals surface area contributed by atoms with E-state index >= 15 is 0 Å². The van der Waals surface area contributed by atoms with Crippen LogP contribution in [-0.4, -0.2) is 70.4 Å². The second kappa shape index (κ2) is 13.7. The summed E-state index contributed by atoms with van der Waals surface area (Å²) in [6.45, 7) is 3.71. The van der Waals surface area contributed by atoms with Crippen molar-refractivity contribution in [2.24, 2.45) is 4.99 Å². The molecule has 0 aliphatic carbocycles. The number of rotatable bonds is 9. The fourth-order valence-electron chi connectivity index (χ4n) is 2.80. The summed E-state index contributed by atoms with van der Waals surface area (Å²) >= 11 is 0. The van der Waals surface area contributed by atoms with E-state index < -0.39 is 0 Å². The number of nitrogens with zero attached hydrogens (tertiary/aromatic N) is 2. The molecule has 1 aliphatic rings. The number of carbonyl (C=O) groups excluding carboxylic acids is 1. The molecule has 0 radical (unpaired) electrons. The minimum atomic E-state index is 0. The fraction of sp³-hybridized carbons (Fsp3) is 0.600. The van der Waals surface area contributed by atoms with Crippen LogP contribution in [0.2, 0.25) is 0 Å². The molecule has 1 amide bonds. The molecule has 1 saturated heterocycles. The van der Waals surface area contributed by atoms with Crippen molar-refractivity contribution in [3.8, 4) is 0 Å². The molecule has 1 atom stereocenters. The van der Waals surface area contributed by atoms with Crippen molar-refractivity contribution in [2.45, 2.75) is 31.9 Å². The first kappa shape index (κ1) is 24.6. The number of halogens is 1. The minimum Gasteiger partial charge on any atom is -0.379 e. The number of benzene rings is 1. The average molecular weight is 504 g/mol. The van der Waals surface area contributed by atoms with Gasteiger partial charge in [0, 0.05) is 53.0 Å². The molecule has 2 rings (SSSR count). The fourth-order valence-corrected chi connectivity index (χ4v) is 2.80.